The van der Waals surface area contributed by atoms with Crippen LogP contribution in [0.1, 0.15) is 18.9 Å². The summed E-state index contributed by atoms with van der Waals surface area (Å²) in [5.74, 6) is 0. The van der Waals surface area contributed by atoms with E-state index in [4.69, 9.17) is 11.5 Å². The first-order chi connectivity index (χ1) is 7.24. The van der Waals surface area contributed by atoms with Crippen molar-refractivity contribution < 1.29 is 0 Å². The van der Waals surface area contributed by atoms with Gasteiger partial charge in [-0.2, -0.15) is 0 Å². The first-order valence-corrected chi connectivity index (χ1v) is 5.29. The lowest BCUT2D eigenvalue weighted by Gasteiger charge is -2.10. The molecule has 0 bridgehead atoms. The van der Waals surface area contributed by atoms with Crippen LogP contribution in [-0.4, -0.2) is 0 Å². The summed E-state index contributed by atoms with van der Waals surface area (Å²) in [6.45, 7) is 2.17. The first kappa shape index (κ1) is 9.84. The van der Waals surface area contributed by atoms with Gasteiger partial charge in [0.1, 0.15) is 0 Å². The summed E-state index contributed by atoms with van der Waals surface area (Å²) in [5, 5.41) is 2.19. The lowest BCUT2D eigenvalue weighted by atomic mass is 9.98. The molecule has 0 unspecified atom stereocenters. The normalized spacial score (nSPS) is 10.7. The van der Waals surface area contributed by atoms with Crippen LogP contribution in [0.3, 0.4) is 0 Å². The van der Waals surface area contributed by atoms with Crippen LogP contribution < -0.4 is 11.5 Å². The number of aryl methyl sites for hydroxylation is 1. The van der Waals surface area contributed by atoms with Gasteiger partial charge in [-0.15, -0.1) is 0 Å². The predicted molar refractivity (Wildman–Crippen MR) is 66.8 cm³/mol. The van der Waals surface area contributed by atoms with Gasteiger partial charge in [0.15, 0.2) is 0 Å². The highest BCUT2D eigenvalue weighted by Crippen LogP contribution is 2.29. The average molecular weight is 200 g/mol. The van der Waals surface area contributed by atoms with E-state index in [1.165, 1.54) is 5.56 Å². The second-order valence-electron chi connectivity index (χ2n) is 3.83. The molecule has 0 aliphatic rings. The number of rotatable bonds is 2. The molecular formula is C13H16N2. The molecule has 2 rings (SSSR count). The number of hydrogen-bond donors (Lipinski definition) is 2. The van der Waals surface area contributed by atoms with Gasteiger partial charge in [0, 0.05) is 22.1 Å². The molecule has 78 valence electrons. The van der Waals surface area contributed by atoms with Gasteiger partial charge in [0.2, 0.25) is 0 Å². The van der Waals surface area contributed by atoms with Crippen LogP contribution >= 0.6 is 0 Å². The number of hydrogen-bond acceptors (Lipinski definition) is 2. The van der Waals surface area contributed by atoms with E-state index in [1.807, 2.05) is 24.3 Å². The molecule has 2 heteroatoms. The molecule has 0 saturated carbocycles. The summed E-state index contributed by atoms with van der Waals surface area (Å²) >= 11 is 0. The zero-order valence-corrected chi connectivity index (χ0v) is 8.96. The van der Waals surface area contributed by atoms with Crippen molar-refractivity contribution >= 4 is 22.1 Å². The second-order valence-corrected chi connectivity index (χ2v) is 3.83. The lowest BCUT2D eigenvalue weighted by molar-refractivity contribution is 0.930. The fourth-order valence-corrected chi connectivity index (χ4v) is 2.01. The Labute approximate surface area is 89.9 Å². The van der Waals surface area contributed by atoms with Gasteiger partial charge in [0.25, 0.3) is 0 Å². The monoisotopic (exact) mass is 200 g/mol. The molecule has 0 saturated heterocycles. The van der Waals surface area contributed by atoms with Gasteiger partial charge in [0.05, 0.1) is 0 Å². The topological polar surface area (TPSA) is 52.0 Å². The molecule has 15 heavy (non-hydrogen) atoms. The molecule has 4 N–H and O–H groups in total. The van der Waals surface area contributed by atoms with Gasteiger partial charge in [-0.05, 0) is 24.1 Å². The van der Waals surface area contributed by atoms with E-state index in [1.54, 1.807) is 0 Å². The largest absolute Gasteiger partial charge is 0.398 e. The quantitative estimate of drug-likeness (QED) is 0.732. The molecule has 0 radical (unpaired) electrons. The highest BCUT2D eigenvalue weighted by atomic mass is 14.6. The fraction of sp³-hybridized carbons (Fsp3) is 0.231. The van der Waals surface area contributed by atoms with Crippen LogP contribution in [0.15, 0.2) is 30.3 Å². The Morgan fingerprint density at radius 2 is 1.80 bits per heavy atom. The van der Waals surface area contributed by atoms with Crippen molar-refractivity contribution in [3.8, 4) is 0 Å². The second kappa shape index (κ2) is 3.81. The number of fused-ring (bicyclic) bond motifs is 1. The van der Waals surface area contributed by atoms with Crippen LogP contribution in [0.5, 0.6) is 0 Å². The molecule has 0 heterocycles. The molecule has 0 atom stereocenters. The molecule has 2 aromatic carbocycles. The van der Waals surface area contributed by atoms with E-state index in [-0.39, 0.29) is 0 Å². The molecule has 0 amide bonds. The third-order valence-corrected chi connectivity index (χ3v) is 2.71. The van der Waals surface area contributed by atoms with E-state index in [9.17, 15) is 0 Å². The third kappa shape index (κ3) is 1.63. The van der Waals surface area contributed by atoms with Crippen molar-refractivity contribution in [2.75, 3.05) is 11.5 Å². The summed E-state index contributed by atoms with van der Waals surface area (Å²) in [4.78, 5) is 0. The molecule has 0 spiro atoms. The molecule has 0 aromatic heterocycles. The van der Waals surface area contributed by atoms with Crippen LogP contribution in [-0.2, 0) is 6.42 Å². The minimum Gasteiger partial charge on any atom is -0.398 e. The maximum absolute atomic E-state index is 6.00. The minimum absolute atomic E-state index is 0.803. The summed E-state index contributed by atoms with van der Waals surface area (Å²) in [7, 11) is 0. The van der Waals surface area contributed by atoms with E-state index in [0.717, 1.165) is 35.0 Å². The van der Waals surface area contributed by atoms with Crippen molar-refractivity contribution in [3.05, 3.63) is 35.9 Å². The Morgan fingerprint density at radius 3 is 2.53 bits per heavy atom. The van der Waals surface area contributed by atoms with Crippen molar-refractivity contribution in [2.45, 2.75) is 19.8 Å². The van der Waals surface area contributed by atoms with E-state index >= 15 is 0 Å². The molecule has 2 aromatic rings. The van der Waals surface area contributed by atoms with Crippen LogP contribution in [0.4, 0.5) is 11.4 Å². The highest BCUT2D eigenvalue weighted by Gasteiger charge is 2.05. The maximum Gasteiger partial charge on any atom is 0.0397 e. The fourth-order valence-electron chi connectivity index (χ4n) is 2.01. The summed E-state index contributed by atoms with van der Waals surface area (Å²) in [6.07, 6.45) is 2.17. The van der Waals surface area contributed by atoms with Crippen LogP contribution in [0.25, 0.3) is 10.8 Å². The van der Waals surface area contributed by atoms with Crippen molar-refractivity contribution in [1.82, 2.24) is 0 Å². The summed E-state index contributed by atoms with van der Waals surface area (Å²) in [6, 6.07) is 9.95. The number of nitrogens with two attached hydrogens (primary N) is 2. The van der Waals surface area contributed by atoms with Crippen LogP contribution in [0.2, 0.25) is 0 Å². The van der Waals surface area contributed by atoms with Crippen molar-refractivity contribution in [3.63, 3.8) is 0 Å². The number of anilines is 2. The van der Waals surface area contributed by atoms with Crippen molar-refractivity contribution in [2.24, 2.45) is 0 Å². The van der Waals surface area contributed by atoms with Gasteiger partial charge < -0.3 is 11.5 Å². The van der Waals surface area contributed by atoms with Gasteiger partial charge >= 0.3 is 0 Å². The molecule has 0 fully saturated rings. The SMILES string of the molecule is CCCc1ccc(N)c2cccc(N)c12. The van der Waals surface area contributed by atoms with E-state index in [0.29, 0.717) is 0 Å². The summed E-state index contributed by atoms with van der Waals surface area (Å²) in [5.41, 5.74) is 14.9. The minimum atomic E-state index is 0.803. The Kier molecular flexibility index (Phi) is 2.50. The number of benzene rings is 2. The first-order valence-electron chi connectivity index (χ1n) is 5.29. The average Bonchev–Trinajstić information content (AvgIpc) is 2.23. The van der Waals surface area contributed by atoms with Crippen LogP contribution in [0, 0.1) is 0 Å². The smallest absolute Gasteiger partial charge is 0.0397 e. The Hall–Kier alpha value is -1.70. The standard InChI is InChI=1S/C13H16N2/c1-2-4-9-7-8-11(14)10-5-3-6-12(15)13(9)10/h3,5-8H,2,4,14-15H2,1H3. The van der Waals surface area contributed by atoms with Gasteiger partial charge in [-0.25, -0.2) is 0 Å². The molecule has 2 nitrogen and oxygen atoms in total. The lowest BCUT2D eigenvalue weighted by Crippen LogP contribution is -1.95. The van der Waals surface area contributed by atoms with Gasteiger partial charge in [-0.1, -0.05) is 31.5 Å². The Balaban J connectivity index is 2.78. The summed E-state index contributed by atoms with van der Waals surface area (Å²) < 4.78 is 0. The zero-order valence-electron chi connectivity index (χ0n) is 8.96. The van der Waals surface area contributed by atoms with E-state index < -0.39 is 0 Å². The molecular weight excluding hydrogens is 184 g/mol. The van der Waals surface area contributed by atoms with Gasteiger partial charge in [-0.3, -0.25) is 0 Å². The Bertz CT molecular complexity index is 489. The predicted octanol–water partition coefficient (Wildman–Crippen LogP) is 2.96. The highest BCUT2D eigenvalue weighted by molar-refractivity contribution is 6.02. The van der Waals surface area contributed by atoms with E-state index in [2.05, 4.69) is 13.0 Å². The maximum atomic E-state index is 6.00. The Morgan fingerprint density at radius 1 is 1.00 bits per heavy atom. The third-order valence-electron chi connectivity index (χ3n) is 2.71. The molecule has 0 aliphatic carbocycles. The molecule has 0 aliphatic heterocycles. The van der Waals surface area contributed by atoms with Crippen molar-refractivity contribution in [1.29, 1.82) is 0 Å². The zero-order chi connectivity index (χ0) is 10.8. The number of nitrogen functional groups attached to an aromatic ring is 2.